The molecule has 1 heterocycles. The second-order valence-electron chi connectivity index (χ2n) is 4.87. The minimum atomic E-state index is -0.462. The molecule has 0 aliphatic carbocycles. The molecule has 0 spiro atoms. The van der Waals surface area contributed by atoms with Gasteiger partial charge in [0, 0.05) is 6.20 Å². The third-order valence-corrected chi connectivity index (χ3v) is 3.57. The molecule has 0 aliphatic heterocycles. The number of amides is 1. The first-order chi connectivity index (χ1) is 11.1. The number of benzene rings is 1. The average molecular weight is 333 g/mol. The Morgan fingerprint density at radius 1 is 1.22 bits per heavy atom. The fourth-order valence-corrected chi connectivity index (χ4v) is 2.29. The number of pyridine rings is 1. The van der Waals surface area contributed by atoms with Gasteiger partial charge < -0.3 is 10.1 Å². The Labute approximate surface area is 139 Å². The lowest BCUT2D eigenvalue weighted by Crippen LogP contribution is -2.24. The van der Waals surface area contributed by atoms with Crippen LogP contribution in [0.5, 0.6) is 0 Å². The maximum Gasteiger partial charge on any atom is 0.313 e. The molecule has 23 heavy (non-hydrogen) atoms. The molecule has 6 heteroatoms. The largest absolute Gasteiger partial charge is 0.455 e. The van der Waals surface area contributed by atoms with Crippen LogP contribution in [-0.4, -0.2) is 23.5 Å². The lowest BCUT2D eigenvalue weighted by molar-refractivity contribution is -0.149. The molecule has 1 amide bonds. The summed E-state index contributed by atoms with van der Waals surface area (Å²) in [6, 6.07) is 12.6. The molecule has 1 aromatic heterocycles. The van der Waals surface area contributed by atoms with Crippen molar-refractivity contribution in [3.05, 3.63) is 59.4 Å². The number of anilines is 1. The van der Waals surface area contributed by atoms with E-state index in [2.05, 4.69) is 10.3 Å². The van der Waals surface area contributed by atoms with Crippen LogP contribution >= 0.6 is 11.6 Å². The SMILES string of the molecule is CC[C@@H](C(=O)OCC(=O)Nc1cccnc1Cl)c1ccccc1. The van der Waals surface area contributed by atoms with Gasteiger partial charge in [-0.25, -0.2) is 4.98 Å². The smallest absolute Gasteiger partial charge is 0.313 e. The molecule has 0 bridgehead atoms. The van der Waals surface area contributed by atoms with Crippen molar-refractivity contribution in [2.24, 2.45) is 0 Å². The molecular weight excluding hydrogens is 316 g/mol. The fourth-order valence-electron chi connectivity index (χ4n) is 2.13. The number of nitrogens with one attached hydrogen (secondary N) is 1. The first-order valence-corrected chi connectivity index (χ1v) is 7.61. The van der Waals surface area contributed by atoms with E-state index in [0.717, 1.165) is 5.56 Å². The Bertz CT molecular complexity index is 677. The number of carbonyl (C=O) groups excluding carboxylic acids is 2. The van der Waals surface area contributed by atoms with E-state index in [1.807, 2.05) is 37.3 Å². The normalized spacial score (nSPS) is 11.6. The minimum absolute atomic E-state index is 0.183. The van der Waals surface area contributed by atoms with Gasteiger partial charge in [-0.05, 0) is 24.1 Å². The van der Waals surface area contributed by atoms with Crippen molar-refractivity contribution in [1.29, 1.82) is 0 Å². The summed E-state index contributed by atoms with van der Waals surface area (Å²) in [5, 5.41) is 2.73. The molecule has 5 nitrogen and oxygen atoms in total. The molecule has 0 fully saturated rings. The van der Waals surface area contributed by atoms with Gasteiger partial charge in [0.05, 0.1) is 11.6 Å². The lowest BCUT2D eigenvalue weighted by Gasteiger charge is -2.14. The number of esters is 1. The van der Waals surface area contributed by atoms with Gasteiger partial charge in [0.15, 0.2) is 11.8 Å². The van der Waals surface area contributed by atoms with Crippen LogP contribution in [0.4, 0.5) is 5.69 Å². The van der Waals surface area contributed by atoms with Gasteiger partial charge in [-0.2, -0.15) is 0 Å². The summed E-state index contributed by atoms with van der Waals surface area (Å²) in [5.41, 5.74) is 1.25. The molecular formula is C17H17ClN2O3. The first-order valence-electron chi connectivity index (χ1n) is 7.23. The molecule has 0 unspecified atom stereocenters. The molecule has 0 saturated carbocycles. The van der Waals surface area contributed by atoms with Crippen molar-refractivity contribution in [2.75, 3.05) is 11.9 Å². The van der Waals surface area contributed by atoms with E-state index in [1.54, 1.807) is 12.1 Å². The van der Waals surface area contributed by atoms with Crippen molar-refractivity contribution in [3.8, 4) is 0 Å². The highest BCUT2D eigenvalue weighted by atomic mass is 35.5. The average Bonchev–Trinajstić information content (AvgIpc) is 2.57. The third kappa shape index (κ3) is 4.79. The van der Waals surface area contributed by atoms with Gasteiger partial charge in [0.2, 0.25) is 0 Å². The van der Waals surface area contributed by atoms with Crippen LogP contribution in [0.1, 0.15) is 24.8 Å². The van der Waals surface area contributed by atoms with Gasteiger partial charge in [-0.3, -0.25) is 9.59 Å². The standard InChI is InChI=1S/C17H17ClN2O3/c1-2-13(12-7-4-3-5-8-12)17(22)23-11-15(21)20-14-9-6-10-19-16(14)18/h3-10,13H,2,11H2,1H3,(H,20,21)/t13-/m1/s1. The van der Waals surface area contributed by atoms with Crippen molar-refractivity contribution in [2.45, 2.75) is 19.3 Å². The number of hydrogen-bond donors (Lipinski definition) is 1. The van der Waals surface area contributed by atoms with Crippen LogP contribution in [0.3, 0.4) is 0 Å². The topological polar surface area (TPSA) is 68.3 Å². The number of hydrogen-bond acceptors (Lipinski definition) is 4. The highest BCUT2D eigenvalue weighted by Crippen LogP contribution is 2.21. The third-order valence-electron chi connectivity index (χ3n) is 3.27. The zero-order valence-electron chi connectivity index (χ0n) is 12.7. The van der Waals surface area contributed by atoms with E-state index in [9.17, 15) is 9.59 Å². The highest BCUT2D eigenvalue weighted by molar-refractivity contribution is 6.32. The zero-order valence-corrected chi connectivity index (χ0v) is 13.4. The summed E-state index contributed by atoms with van der Waals surface area (Å²) in [6.07, 6.45) is 2.11. The van der Waals surface area contributed by atoms with Crippen molar-refractivity contribution >= 4 is 29.2 Å². The van der Waals surface area contributed by atoms with Gasteiger partial charge in [0.1, 0.15) is 0 Å². The van der Waals surface area contributed by atoms with E-state index in [4.69, 9.17) is 16.3 Å². The van der Waals surface area contributed by atoms with Crippen LogP contribution < -0.4 is 5.32 Å². The molecule has 0 saturated heterocycles. The maximum absolute atomic E-state index is 12.2. The van der Waals surface area contributed by atoms with E-state index >= 15 is 0 Å². The molecule has 2 rings (SSSR count). The van der Waals surface area contributed by atoms with Gasteiger partial charge in [-0.1, -0.05) is 48.9 Å². The Balaban J connectivity index is 1.90. The molecule has 0 radical (unpaired) electrons. The Morgan fingerprint density at radius 3 is 2.61 bits per heavy atom. The van der Waals surface area contributed by atoms with E-state index in [0.29, 0.717) is 12.1 Å². The number of carbonyl (C=O) groups is 2. The molecule has 1 aromatic carbocycles. The Morgan fingerprint density at radius 2 is 1.96 bits per heavy atom. The van der Waals surface area contributed by atoms with Gasteiger partial charge >= 0.3 is 5.97 Å². The summed E-state index contributed by atoms with van der Waals surface area (Å²) in [4.78, 5) is 27.9. The summed E-state index contributed by atoms with van der Waals surface area (Å²) >= 11 is 5.85. The predicted molar refractivity (Wildman–Crippen MR) is 88.3 cm³/mol. The van der Waals surface area contributed by atoms with Gasteiger partial charge in [-0.15, -0.1) is 0 Å². The summed E-state index contributed by atoms with van der Waals surface area (Å²) in [6.45, 7) is 1.53. The molecule has 2 aromatic rings. The van der Waals surface area contributed by atoms with Crippen molar-refractivity contribution < 1.29 is 14.3 Å². The van der Waals surface area contributed by atoms with Crippen LogP contribution in [0.15, 0.2) is 48.7 Å². The van der Waals surface area contributed by atoms with E-state index in [1.165, 1.54) is 6.20 Å². The minimum Gasteiger partial charge on any atom is -0.455 e. The van der Waals surface area contributed by atoms with Crippen LogP contribution in [0.2, 0.25) is 5.15 Å². The number of halogens is 1. The number of nitrogens with zero attached hydrogens (tertiary/aromatic N) is 1. The second-order valence-corrected chi connectivity index (χ2v) is 5.23. The summed E-state index contributed by atoms with van der Waals surface area (Å²) in [7, 11) is 0. The molecule has 1 N–H and O–H groups in total. The van der Waals surface area contributed by atoms with Crippen LogP contribution in [-0.2, 0) is 14.3 Å². The van der Waals surface area contributed by atoms with Crippen LogP contribution in [0, 0.1) is 0 Å². The fraction of sp³-hybridized carbons (Fsp3) is 0.235. The molecule has 1 atom stereocenters. The van der Waals surface area contributed by atoms with Crippen molar-refractivity contribution in [3.63, 3.8) is 0 Å². The van der Waals surface area contributed by atoms with Gasteiger partial charge in [0.25, 0.3) is 5.91 Å². The first kappa shape index (κ1) is 17.0. The zero-order chi connectivity index (χ0) is 16.7. The number of aromatic nitrogens is 1. The van der Waals surface area contributed by atoms with E-state index in [-0.39, 0.29) is 17.7 Å². The quantitative estimate of drug-likeness (QED) is 0.650. The Kier molecular flexibility index (Phi) is 6.11. The number of ether oxygens (including phenoxy) is 1. The Hall–Kier alpha value is -2.40. The van der Waals surface area contributed by atoms with E-state index < -0.39 is 11.9 Å². The second kappa shape index (κ2) is 8.29. The summed E-state index contributed by atoms with van der Waals surface area (Å²) in [5.74, 6) is -1.27. The summed E-state index contributed by atoms with van der Waals surface area (Å²) < 4.78 is 5.11. The monoisotopic (exact) mass is 332 g/mol. The highest BCUT2D eigenvalue weighted by Gasteiger charge is 2.21. The lowest BCUT2D eigenvalue weighted by atomic mass is 9.97. The van der Waals surface area contributed by atoms with Crippen LogP contribution in [0.25, 0.3) is 0 Å². The number of rotatable bonds is 6. The molecule has 120 valence electrons. The molecule has 0 aliphatic rings. The maximum atomic E-state index is 12.2. The predicted octanol–water partition coefficient (Wildman–Crippen LogP) is 3.41. The van der Waals surface area contributed by atoms with Crippen molar-refractivity contribution in [1.82, 2.24) is 4.98 Å².